The van der Waals surface area contributed by atoms with E-state index in [4.69, 9.17) is 11.6 Å². The first-order valence-corrected chi connectivity index (χ1v) is 6.10. The van der Waals surface area contributed by atoms with Gasteiger partial charge >= 0.3 is 0 Å². The van der Waals surface area contributed by atoms with Crippen LogP contribution in [0.15, 0.2) is 24.5 Å². The molecular weight excluding hydrogens is 208 g/mol. The van der Waals surface area contributed by atoms with E-state index in [0.717, 1.165) is 12.1 Å². The fraction of sp³-hybridized carbons (Fsp3) is 0.583. The number of alkyl halides is 1. The van der Waals surface area contributed by atoms with E-state index in [1.807, 2.05) is 24.5 Å². The number of nitrogens with one attached hydrogen (secondary N) is 1. The summed E-state index contributed by atoms with van der Waals surface area (Å²) >= 11 is 6.36. The molecule has 1 aliphatic carbocycles. The lowest BCUT2D eigenvalue weighted by atomic mass is 10.1. The third kappa shape index (κ3) is 3.10. The maximum Gasteiger partial charge on any atom is 0.0537 e. The van der Waals surface area contributed by atoms with Crippen molar-refractivity contribution in [2.45, 2.75) is 43.5 Å². The molecule has 0 saturated heterocycles. The number of aromatic nitrogens is 1. The van der Waals surface area contributed by atoms with Gasteiger partial charge in [0, 0.05) is 24.1 Å². The second-order valence-electron chi connectivity index (χ2n) is 4.14. The van der Waals surface area contributed by atoms with Crippen LogP contribution in [0, 0.1) is 0 Å². The summed E-state index contributed by atoms with van der Waals surface area (Å²) in [5, 5.41) is 3.76. The summed E-state index contributed by atoms with van der Waals surface area (Å²) in [6, 6.07) is 4.40. The summed E-state index contributed by atoms with van der Waals surface area (Å²) in [5.41, 5.74) is 1.13. The van der Waals surface area contributed by atoms with E-state index in [1.165, 1.54) is 25.7 Å². The van der Waals surface area contributed by atoms with Crippen molar-refractivity contribution in [2.75, 3.05) is 5.32 Å². The van der Waals surface area contributed by atoms with Crippen LogP contribution in [0.5, 0.6) is 0 Å². The van der Waals surface area contributed by atoms with Crippen LogP contribution >= 0.6 is 11.6 Å². The molecule has 3 heteroatoms. The molecule has 1 N–H and O–H groups in total. The lowest BCUT2D eigenvalue weighted by Crippen LogP contribution is -2.28. The maximum atomic E-state index is 6.36. The summed E-state index contributed by atoms with van der Waals surface area (Å²) in [4.78, 5) is 4.00. The van der Waals surface area contributed by atoms with Crippen LogP contribution in [0.25, 0.3) is 0 Å². The highest BCUT2D eigenvalue weighted by Gasteiger charge is 2.21. The molecule has 2 rings (SSSR count). The average molecular weight is 225 g/mol. The lowest BCUT2D eigenvalue weighted by Gasteiger charge is -2.22. The van der Waals surface area contributed by atoms with Gasteiger partial charge in [-0.3, -0.25) is 4.98 Å². The molecule has 0 radical (unpaired) electrons. The third-order valence-corrected chi connectivity index (χ3v) is 3.49. The zero-order valence-corrected chi connectivity index (χ0v) is 9.58. The van der Waals surface area contributed by atoms with Gasteiger partial charge in [-0.15, -0.1) is 11.6 Å². The summed E-state index contributed by atoms with van der Waals surface area (Å²) in [7, 11) is 0. The number of pyridine rings is 1. The fourth-order valence-corrected chi connectivity index (χ4v) is 2.43. The smallest absolute Gasteiger partial charge is 0.0537 e. The molecule has 0 aliphatic heterocycles. The van der Waals surface area contributed by atoms with Gasteiger partial charge in [-0.2, -0.15) is 0 Å². The third-order valence-electron chi connectivity index (χ3n) is 2.96. The second kappa shape index (κ2) is 5.36. The van der Waals surface area contributed by atoms with Gasteiger partial charge < -0.3 is 5.32 Å². The number of nitrogens with zero attached hydrogens (tertiary/aromatic N) is 1. The van der Waals surface area contributed by atoms with Crippen molar-refractivity contribution in [3.63, 3.8) is 0 Å². The molecule has 0 aromatic carbocycles. The molecule has 0 spiro atoms. The lowest BCUT2D eigenvalue weighted by molar-refractivity contribution is 0.627. The van der Waals surface area contributed by atoms with Crippen LogP contribution in [0.1, 0.15) is 32.1 Å². The van der Waals surface area contributed by atoms with Crippen molar-refractivity contribution in [3.8, 4) is 0 Å². The first-order valence-electron chi connectivity index (χ1n) is 5.67. The van der Waals surface area contributed by atoms with Gasteiger partial charge in [0.2, 0.25) is 0 Å². The number of anilines is 1. The molecule has 82 valence electrons. The van der Waals surface area contributed by atoms with E-state index in [2.05, 4.69) is 10.3 Å². The van der Waals surface area contributed by atoms with Gasteiger partial charge in [-0.1, -0.05) is 19.3 Å². The summed E-state index contributed by atoms with van der Waals surface area (Å²) in [5.74, 6) is 0. The van der Waals surface area contributed by atoms with Crippen LogP contribution in [-0.4, -0.2) is 16.4 Å². The van der Waals surface area contributed by atoms with E-state index in [0.29, 0.717) is 6.04 Å². The molecule has 15 heavy (non-hydrogen) atoms. The number of rotatable bonds is 2. The molecule has 1 aromatic rings. The zero-order valence-electron chi connectivity index (χ0n) is 8.82. The van der Waals surface area contributed by atoms with Gasteiger partial charge in [-0.05, 0) is 25.0 Å². The van der Waals surface area contributed by atoms with E-state index in [9.17, 15) is 0 Å². The highest BCUT2D eigenvalue weighted by Crippen LogP contribution is 2.24. The van der Waals surface area contributed by atoms with Gasteiger partial charge in [0.15, 0.2) is 0 Å². The summed E-state index contributed by atoms with van der Waals surface area (Å²) in [6.07, 6.45) is 9.79. The average Bonchev–Trinajstić information content (AvgIpc) is 2.46. The molecule has 1 aliphatic rings. The van der Waals surface area contributed by atoms with Crippen molar-refractivity contribution in [1.29, 1.82) is 0 Å². The minimum Gasteiger partial charge on any atom is -0.381 e. The molecular formula is C12H17ClN2. The minimum atomic E-state index is 0.265. The molecule has 0 bridgehead atoms. The van der Waals surface area contributed by atoms with E-state index < -0.39 is 0 Å². The van der Waals surface area contributed by atoms with Crippen molar-refractivity contribution < 1.29 is 0 Å². The molecule has 0 amide bonds. The molecule has 2 nitrogen and oxygen atoms in total. The summed E-state index contributed by atoms with van der Waals surface area (Å²) < 4.78 is 0. The van der Waals surface area contributed by atoms with Crippen molar-refractivity contribution >= 4 is 17.3 Å². The molecule has 1 fully saturated rings. The molecule has 1 heterocycles. The highest BCUT2D eigenvalue weighted by atomic mass is 35.5. The van der Waals surface area contributed by atoms with Gasteiger partial charge in [0.25, 0.3) is 0 Å². The number of hydrogen-bond acceptors (Lipinski definition) is 2. The Labute approximate surface area is 96.1 Å². The number of hydrogen-bond donors (Lipinski definition) is 1. The Kier molecular flexibility index (Phi) is 3.84. The summed E-state index contributed by atoms with van der Waals surface area (Å²) in [6.45, 7) is 0. The van der Waals surface area contributed by atoms with Gasteiger partial charge in [-0.25, -0.2) is 0 Å². The Morgan fingerprint density at radius 2 is 1.87 bits per heavy atom. The van der Waals surface area contributed by atoms with Crippen molar-refractivity contribution in [2.24, 2.45) is 0 Å². The normalized spacial score (nSPS) is 27.0. The second-order valence-corrected chi connectivity index (χ2v) is 4.70. The van der Waals surface area contributed by atoms with Crippen LogP contribution in [0.2, 0.25) is 0 Å². The molecule has 1 saturated carbocycles. The Morgan fingerprint density at radius 1 is 1.13 bits per heavy atom. The standard InChI is InChI=1S/C12H17ClN2/c13-11-4-2-1-3-5-12(11)15-10-6-8-14-9-7-10/h6-9,11-12H,1-5H2,(H,14,15). The SMILES string of the molecule is ClC1CCCCCC1Nc1ccncc1. The van der Waals surface area contributed by atoms with Gasteiger partial charge in [0.05, 0.1) is 5.38 Å². The first-order chi connectivity index (χ1) is 7.36. The fourth-order valence-electron chi connectivity index (χ4n) is 2.09. The van der Waals surface area contributed by atoms with Gasteiger partial charge in [0.1, 0.15) is 0 Å². The van der Waals surface area contributed by atoms with Crippen molar-refractivity contribution in [3.05, 3.63) is 24.5 Å². The Balaban J connectivity index is 1.97. The predicted molar refractivity (Wildman–Crippen MR) is 64.4 cm³/mol. The van der Waals surface area contributed by atoms with E-state index in [-0.39, 0.29) is 5.38 Å². The zero-order chi connectivity index (χ0) is 10.5. The Bertz CT molecular complexity index is 289. The topological polar surface area (TPSA) is 24.9 Å². The van der Waals surface area contributed by atoms with Crippen LogP contribution in [0.4, 0.5) is 5.69 Å². The quantitative estimate of drug-likeness (QED) is 0.615. The molecule has 1 aromatic heterocycles. The number of halogens is 1. The monoisotopic (exact) mass is 224 g/mol. The van der Waals surface area contributed by atoms with Crippen LogP contribution < -0.4 is 5.32 Å². The van der Waals surface area contributed by atoms with E-state index in [1.54, 1.807) is 0 Å². The predicted octanol–water partition coefficient (Wildman–Crippen LogP) is 3.43. The Morgan fingerprint density at radius 3 is 2.67 bits per heavy atom. The minimum absolute atomic E-state index is 0.265. The highest BCUT2D eigenvalue weighted by molar-refractivity contribution is 6.21. The van der Waals surface area contributed by atoms with Crippen LogP contribution in [-0.2, 0) is 0 Å². The molecule has 2 unspecified atom stereocenters. The van der Waals surface area contributed by atoms with Crippen LogP contribution in [0.3, 0.4) is 0 Å². The molecule has 2 atom stereocenters. The van der Waals surface area contributed by atoms with Crippen molar-refractivity contribution in [1.82, 2.24) is 4.98 Å². The largest absolute Gasteiger partial charge is 0.381 e. The maximum absolute atomic E-state index is 6.36. The Hall–Kier alpha value is -0.760. The van der Waals surface area contributed by atoms with E-state index >= 15 is 0 Å². The first kappa shape index (κ1) is 10.7.